The van der Waals surface area contributed by atoms with Gasteiger partial charge in [-0.15, -0.1) is 0 Å². The summed E-state index contributed by atoms with van der Waals surface area (Å²) in [5.74, 6) is -1.35. The average Bonchev–Trinajstić information content (AvgIpc) is 2.46. The van der Waals surface area contributed by atoms with Crippen LogP contribution in [0, 0.1) is 0 Å². The summed E-state index contributed by atoms with van der Waals surface area (Å²) in [6.45, 7) is 0. The van der Waals surface area contributed by atoms with E-state index in [0.717, 1.165) is 0 Å². The van der Waals surface area contributed by atoms with Crippen LogP contribution in [0.1, 0.15) is 20.7 Å². The molecule has 19 heavy (non-hydrogen) atoms. The molecule has 5 nitrogen and oxygen atoms in total. The maximum absolute atomic E-state index is 12.2. The average molecular weight is 256 g/mol. The number of hydrogen-bond acceptors (Lipinski definition) is 3. The summed E-state index contributed by atoms with van der Waals surface area (Å²) in [5.41, 5.74) is 0.905. The van der Waals surface area contributed by atoms with Crippen molar-refractivity contribution in [2.45, 2.75) is 0 Å². The predicted molar refractivity (Wildman–Crippen MR) is 70.4 cm³/mol. The topological polar surface area (TPSA) is 70.5 Å². The number of carboxylic acid groups (broad SMARTS) is 1. The van der Waals surface area contributed by atoms with Gasteiger partial charge in [-0.05, 0) is 24.3 Å². The third kappa shape index (κ3) is 2.60. The van der Waals surface area contributed by atoms with Gasteiger partial charge >= 0.3 is 5.97 Å². The number of nitrogens with zero attached hydrogens (tertiary/aromatic N) is 2. The van der Waals surface area contributed by atoms with Gasteiger partial charge in [0.25, 0.3) is 5.91 Å². The van der Waals surface area contributed by atoms with Gasteiger partial charge < -0.3 is 10.0 Å². The number of benzene rings is 1. The number of pyridine rings is 1. The molecule has 5 heteroatoms. The number of anilines is 1. The molecule has 0 radical (unpaired) electrons. The molecule has 2 aromatic rings. The Hall–Kier alpha value is -2.69. The molecular weight excluding hydrogens is 244 g/mol. The van der Waals surface area contributed by atoms with Crippen LogP contribution >= 0.6 is 0 Å². The Labute approximate surface area is 110 Å². The van der Waals surface area contributed by atoms with E-state index in [9.17, 15) is 9.59 Å². The number of para-hydroxylation sites is 1. The van der Waals surface area contributed by atoms with Crippen LogP contribution < -0.4 is 4.90 Å². The maximum atomic E-state index is 12.2. The first-order valence-corrected chi connectivity index (χ1v) is 5.61. The highest BCUT2D eigenvalue weighted by Gasteiger charge is 2.18. The molecule has 0 aliphatic carbocycles. The summed E-state index contributed by atoms with van der Waals surface area (Å²) >= 11 is 0. The Morgan fingerprint density at radius 3 is 2.37 bits per heavy atom. The molecule has 0 aliphatic rings. The summed E-state index contributed by atoms with van der Waals surface area (Å²) in [7, 11) is 1.55. The minimum absolute atomic E-state index is 0.0902. The van der Waals surface area contributed by atoms with E-state index in [-0.39, 0.29) is 11.5 Å². The highest BCUT2D eigenvalue weighted by Crippen LogP contribution is 2.20. The van der Waals surface area contributed by atoms with E-state index in [1.807, 2.05) is 0 Å². The Balaban J connectivity index is 2.38. The molecule has 0 unspecified atom stereocenters. The number of amides is 1. The number of hydrogen-bond donors (Lipinski definition) is 1. The molecule has 1 heterocycles. The molecule has 1 amide bonds. The largest absolute Gasteiger partial charge is 0.478 e. The quantitative estimate of drug-likeness (QED) is 0.912. The van der Waals surface area contributed by atoms with Crippen LogP contribution in [0.3, 0.4) is 0 Å². The molecule has 96 valence electrons. The van der Waals surface area contributed by atoms with E-state index in [1.165, 1.54) is 23.4 Å². The second-order valence-corrected chi connectivity index (χ2v) is 3.92. The lowest BCUT2D eigenvalue weighted by molar-refractivity contribution is 0.0697. The van der Waals surface area contributed by atoms with Crippen molar-refractivity contribution >= 4 is 17.6 Å². The maximum Gasteiger partial charge on any atom is 0.337 e. The van der Waals surface area contributed by atoms with Crippen molar-refractivity contribution in [2.75, 3.05) is 11.9 Å². The lowest BCUT2D eigenvalue weighted by atomic mass is 10.1. The smallest absolute Gasteiger partial charge is 0.337 e. The fourth-order valence-corrected chi connectivity index (χ4v) is 1.74. The van der Waals surface area contributed by atoms with Crippen LogP contribution in [0.2, 0.25) is 0 Å². The van der Waals surface area contributed by atoms with E-state index < -0.39 is 5.97 Å². The zero-order valence-electron chi connectivity index (χ0n) is 10.3. The summed E-state index contributed by atoms with van der Waals surface area (Å²) in [4.78, 5) is 28.5. The van der Waals surface area contributed by atoms with Gasteiger partial charge in [0.1, 0.15) is 0 Å². The first-order chi connectivity index (χ1) is 9.11. The molecule has 1 N–H and O–H groups in total. The Morgan fingerprint density at radius 2 is 1.74 bits per heavy atom. The van der Waals surface area contributed by atoms with Crippen molar-refractivity contribution in [3.05, 3.63) is 59.9 Å². The Kier molecular flexibility index (Phi) is 3.56. The molecule has 0 saturated carbocycles. The van der Waals surface area contributed by atoms with Gasteiger partial charge in [-0.25, -0.2) is 4.79 Å². The van der Waals surface area contributed by atoms with E-state index >= 15 is 0 Å². The van der Waals surface area contributed by atoms with Gasteiger partial charge in [-0.1, -0.05) is 12.1 Å². The molecule has 0 spiro atoms. The first kappa shape index (κ1) is 12.8. The van der Waals surface area contributed by atoms with Gasteiger partial charge in [0.2, 0.25) is 0 Å². The molecule has 0 atom stereocenters. The van der Waals surface area contributed by atoms with Crippen LogP contribution in [0.5, 0.6) is 0 Å². The summed E-state index contributed by atoms with van der Waals surface area (Å²) < 4.78 is 0. The second-order valence-electron chi connectivity index (χ2n) is 3.92. The summed E-state index contributed by atoms with van der Waals surface area (Å²) in [5, 5.41) is 9.12. The van der Waals surface area contributed by atoms with E-state index in [4.69, 9.17) is 5.11 Å². The fourth-order valence-electron chi connectivity index (χ4n) is 1.74. The van der Waals surface area contributed by atoms with Crippen LogP contribution in [-0.4, -0.2) is 29.0 Å². The van der Waals surface area contributed by atoms with Crippen molar-refractivity contribution < 1.29 is 14.7 Å². The third-order valence-corrected chi connectivity index (χ3v) is 2.73. The number of carbonyl (C=O) groups is 2. The molecule has 0 bridgehead atoms. The lowest BCUT2D eigenvalue weighted by Crippen LogP contribution is -2.27. The van der Waals surface area contributed by atoms with Crippen molar-refractivity contribution in [2.24, 2.45) is 0 Å². The van der Waals surface area contributed by atoms with Crippen LogP contribution in [0.15, 0.2) is 48.8 Å². The highest BCUT2D eigenvalue weighted by molar-refractivity contribution is 6.08. The van der Waals surface area contributed by atoms with Crippen LogP contribution in [-0.2, 0) is 0 Å². The number of rotatable bonds is 3. The number of aromatic carboxylic acids is 1. The SMILES string of the molecule is CN(C(=O)c1ccncc1)c1ccccc1C(=O)O. The third-order valence-electron chi connectivity index (χ3n) is 2.73. The standard InChI is InChI=1S/C14H12N2O3/c1-16(13(17)10-6-8-15-9-7-10)12-5-3-2-4-11(12)14(18)19/h2-9H,1H3,(H,18,19). The van der Waals surface area contributed by atoms with E-state index in [1.54, 1.807) is 37.4 Å². The molecule has 2 rings (SSSR count). The van der Waals surface area contributed by atoms with Gasteiger partial charge in [-0.2, -0.15) is 0 Å². The normalized spacial score (nSPS) is 9.95. The predicted octanol–water partition coefficient (Wildman–Crippen LogP) is 2.06. The monoisotopic (exact) mass is 256 g/mol. The highest BCUT2D eigenvalue weighted by atomic mass is 16.4. The van der Waals surface area contributed by atoms with Gasteiger partial charge in [0.15, 0.2) is 0 Å². The first-order valence-electron chi connectivity index (χ1n) is 5.61. The minimum atomic E-state index is -1.06. The van der Waals surface area contributed by atoms with Crippen LogP contribution in [0.25, 0.3) is 0 Å². The van der Waals surface area contributed by atoms with Gasteiger partial charge in [-0.3, -0.25) is 9.78 Å². The zero-order chi connectivity index (χ0) is 13.8. The summed E-state index contributed by atoms with van der Waals surface area (Å²) in [6.07, 6.45) is 3.04. The lowest BCUT2D eigenvalue weighted by Gasteiger charge is -2.19. The van der Waals surface area contributed by atoms with Gasteiger partial charge in [0, 0.05) is 25.0 Å². The number of aromatic nitrogens is 1. The van der Waals surface area contributed by atoms with Crippen molar-refractivity contribution in [3.8, 4) is 0 Å². The molecule has 0 saturated heterocycles. The molecular formula is C14H12N2O3. The molecule has 0 aliphatic heterocycles. The number of carbonyl (C=O) groups excluding carboxylic acids is 1. The fraction of sp³-hybridized carbons (Fsp3) is 0.0714. The van der Waals surface area contributed by atoms with Crippen molar-refractivity contribution in [1.82, 2.24) is 4.98 Å². The Bertz CT molecular complexity index is 611. The summed E-state index contributed by atoms with van der Waals surface area (Å²) in [6, 6.07) is 9.55. The molecule has 0 fully saturated rings. The zero-order valence-corrected chi connectivity index (χ0v) is 10.3. The van der Waals surface area contributed by atoms with Crippen LogP contribution in [0.4, 0.5) is 5.69 Å². The van der Waals surface area contributed by atoms with E-state index in [0.29, 0.717) is 11.3 Å². The van der Waals surface area contributed by atoms with Crippen molar-refractivity contribution in [1.29, 1.82) is 0 Å². The van der Waals surface area contributed by atoms with Gasteiger partial charge in [0.05, 0.1) is 11.3 Å². The number of carboxylic acids is 1. The van der Waals surface area contributed by atoms with Crippen molar-refractivity contribution in [3.63, 3.8) is 0 Å². The second kappa shape index (κ2) is 5.30. The van der Waals surface area contributed by atoms with E-state index in [2.05, 4.69) is 4.98 Å². The minimum Gasteiger partial charge on any atom is -0.478 e. The molecule has 1 aromatic heterocycles. The molecule has 1 aromatic carbocycles. The Morgan fingerprint density at radius 1 is 1.11 bits per heavy atom.